The SMILES string of the molecule is CC1(C)CN(Cc2ccc([N+](=O)[O-])c(N)c2)CCO1. The molecule has 0 aromatic heterocycles. The predicted octanol–water partition coefficient (Wildman–Crippen LogP) is 1.79. The van der Waals surface area contributed by atoms with Gasteiger partial charge in [0.1, 0.15) is 5.69 Å². The second-order valence-electron chi connectivity index (χ2n) is 5.47. The van der Waals surface area contributed by atoms with Crippen LogP contribution in [0.2, 0.25) is 0 Å². The molecule has 0 amide bonds. The zero-order chi connectivity index (χ0) is 14.0. The number of nitro benzene ring substituents is 1. The summed E-state index contributed by atoms with van der Waals surface area (Å²) in [5, 5.41) is 10.7. The molecular weight excluding hydrogens is 246 g/mol. The van der Waals surface area contributed by atoms with Crippen LogP contribution in [0.25, 0.3) is 0 Å². The number of rotatable bonds is 3. The summed E-state index contributed by atoms with van der Waals surface area (Å²) in [6.07, 6.45) is 0. The summed E-state index contributed by atoms with van der Waals surface area (Å²) < 4.78 is 5.65. The molecule has 0 aliphatic carbocycles. The van der Waals surface area contributed by atoms with Crippen molar-refractivity contribution in [3.05, 3.63) is 33.9 Å². The van der Waals surface area contributed by atoms with E-state index < -0.39 is 4.92 Å². The van der Waals surface area contributed by atoms with Gasteiger partial charge < -0.3 is 10.5 Å². The first kappa shape index (κ1) is 13.8. The van der Waals surface area contributed by atoms with Gasteiger partial charge in [0.2, 0.25) is 0 Å². The first-order valence-electron chi connectivity index (χ1n) is 6.26. The third kappa shape index (κ3) is 3.42. The fraction of sp³-hybridized carbons (Fsp3) is 0.538. The van der Waals surface area contributed by atoms with Crippen LogP contribution in [0.15, 0.2) is 18.2 Å². The Balaban J connectivity index is 2.07. The van der Waals surface area contributed by atoms with Gasteiger partial charge in [0.25, 0.3) is 5.69 Å². The van der Waals surface area contributed by atoms with Gasteiger partial charge in [0.05, 0.1) is 17.1 Å². The molecule has 6 heteroatoms. The van der Waals surface area contributed by atoms with Gasteiger partial charge in [-0.25, -0.2) is 0 Å². The third-order valence-corrected chi connectivity index (χ3v) is 3.20. The average molecular weight is 265 g/mol. The lowest BCUT2D eigenvalue weighted by molar-refractivity contribution is -0.383. The van der Waals surface area contributed by atoms with Crippen LogP contribution in [-0.4, -0.2) is 35.1 Å². The zero-order valence-electron chi connectivity index (χ0n) is 11.3. The molecule has 1 saturated heterocycles. The van der Waals surface area contributed by atoms with E-state index in [9.17, 15) is 10.1 Å². The van der Waals surface area contributed by atoms with E-state index in [-0.39, 0.29) is 17.0 Å². The summed E-state index contributed by atoms with van der Waals surface area (Å²) in [6.45, 7) is 7.25. The van der Waals surface area contributed by atoms with E-state index in [1.165, 1.54) is 6.07 Å². The highest BCUT2D eigenvalue weighted by molar-refractivity contribution is 5.59. The average Bonchev–Trinajstić information content (AvgIpc) is 2.27. The number of nitrogens with zero attached hydrogens (tertiary/aromatic N) is 2. The summed E-state index contributed by atoms with van der Waals surface area (Å²) in [5.41, 5.74) is 6.72. The lowest BCUT2D eigenvalue weighted by Crippen LogP contribution is -2.47. The molecule has 1 aromatic rings. The maximum atomic E-state index is 10.7. The Morgan fingerprint density at radius 3 is 2.84 bits per heavy atom. The van der Waals surface area contributed by atoms with Crippen molar-refractivity contribution in [2.75, 3.05) is 25.4 Å². The van der Waals surface area contributed by atoms with Crippen molar-refractivity contribution in [2.45, 2.75) is 26.0 Å². The van der Waals surface area contributed by atoms with Gasteiger partial charge in [0, 0.05) is 25.7 Å². The summed E-state index contributed by atoms with van der Waals surface area (Å²) >= 11 is 0. The molecule has 1 heterocycles. The van der Waals surface area contributed by atoms with E-state index in [0.29, 0.717) is 6.61 Å². The minimum Gasteiger partial charge on any atom is -0.393 e. The van der Waals surface area contributed by atoms with Gasteiger partial charge in [0.15, 0.2) is 0 Å². The van der Waals surface area contributed by atoms with E-state index >= 15 is 0 Å². The van der Waals surface area contributed by atoms with E-state index in [2.05, 4.69) is 18.7 Å². The number of hydrogen-bond donors (Lipinski definition) is 1. The maximum absolute atomic E-state index is 10.7. The van der Waals surface area contributed by atoms with Crippen LogP contribution in [0.4, 0.5) is 11.4 Å². The van der Waals surface area contributed by atoms with Crippen molar-refractivity contribution < 1.29 is 9.66 Å². The second kappa shape index (κ2) is 5.14. The summed E-state index contributed by atoms with van der Waals surface area (Å²) in [4.78, 5) is 12.5. The molecular formula is C13H19N3O3. The van der Waals surface area contributed by atoms with E-state index in [4.69, 9.17) is 10.5 Å². The number of nitrogens with two attached hydrogens (primary N) is 1. The summed E-state index contributed by atoms with van der Waals surface area (Å²) in [6, 6.07) is 4.91. The quantitative estimate of drug-likeness (QED) is 0.512. The first-order valence-corrected chi connectivity index (χ1v) is 6.26. The zero-order valence-corrected chi connectivity index (χ0v) is 11.3. The number of morpholine rings is 1. The molecule has 6 nitrogen and oxygen atoms in total. The van der Waals surface area contributed by atoms with Crippen LogP contribution in [0, 0.1) is 10.1 Å². The molecule has 0 saturated carbocycles. The minimum absolute atomic E-state index is 0.0361. The van der Waals surface area contributed by atoms with Gasteiger partial charge in [-0.15, -0.1) is 0 Å². The molecule has 19 heavy (non-hydrogen) atoms. The topological polar surface area (TPSA) is 81.6 Å². The van der Waals surface area contributed by atoms with Crippen molar-refractivity contribution in [3.8, 4) is 0 Å². The number of anilines is 1. The molecule has 2 N–H and O–H groups in total. The molecule has 1 aliphatic rings. The Kier molecular flexibility index (Phi) is 3.73. The molecule has 1 aliphatic heterocycles. The van der Waals surface area contributed by atoms with Crippen LogP contribution in [0.1, 0.15) is 19.4 Å². The minimum atomic E-state index is -0.461. The standard InChI is InChI=1S/C13H19N3O3/c1-13(2)9-15(5-6-19-13)8-10-3-4-12(16(17)18)11(14)7-10/h3-4,7H,5-6,8-9,14H2,1-2H3. The second-order valence-corrected chi connectivity index (χ2v) is 5.47. The third-order valence-electron chi connectivity index (χ3n) is 3.20. The molecule has 0 radical (unpaired) electrons. The van der Waals surface area contributed by atoms with Crippen LogP contribution >= 0.6 is 0 Å². The highest BCUT2D eigenvalue weighted by Crippen LogP contribution is 2.24. The molecule has 0 unspecified atom stereocenters. The van der Waals surface area contributed by atoms with Crippen molar-refractivity contribution in [1.82, 2.24) is 4.90 Å². The van der Waals surface area contributed by atoms with Gasteiger partial charge in [-0.1, -0.05) is 6.07 Å². The Bertz CT molecular complexity index is 488. The lowest BCUT2D eigenvalue weighted by atomic mass is 10.1. The van der Waals surface area contributed by atoms with Crippen LogP contribution in [0.5, 0.6) is 0 Å². The van der Waals surface area contributed by atoms with E-state index in [1.807, 2.05) is 0 Å². The predicted molar refractivity (Wildman–Crippen MR) is 72.8 cm³/mol. The monoisotopic (exact) mass is 265 g/mol. The lowest BCUT2D eigenvalue weighted by Gasteiger charge is -2.38. The smallest absolute Gasteiger partial charge is 0.292 e. The number of nitrogen functional groups attached to an aromatic ring is 1. The number of ether oxygens (including phenoxy) is 1. The molecule has 104 valence electrons. The Morgan fingerprint density at radius 1 is 1.53 bits per heavy atom. The van der Waals surface area contributed by atoms with Crippen molar-refractivity contribution in [1.29, 1.82) is 0 Å². The number of nitro groups is 1. The first-order chi connectivity index (χ1) is 8.87. The highest BCUT2D eigenvalue weighted by atomic mass is 16.6. The van der Waals surface area contributed by atoms with E-state index in [0.717, 1.165) is 25.2 Å². The van der Waals surface area contributed by atoms with Crippen molar-refractivity contribution >= 4 is 11.4 Å². The van der Waals surface area contributed by atoms with Crippen LogP contribution in [0.3, 0.4) is 0 Å². The molecule has 0 spiro atoms. The van der Waals surface area contributed by atoms with Gasteiger partial charge in [-0.3, -0.25) is 15.0 Å². The molecule has 0 bridgehead atoms. The largest absolute Gasteiger partial charge is 0.393 e. The normalized spacial score (nSPS) is 19.3. The maximum Gasteiger partial charge on any atom is 0.292 e. The summed E-state index contributed by atoms with van der Waals surface area (Å²) in [5.74, 6) is 0. The van der Waals surface area contributed by atoms with Gasteiger partial charge >= 0.3 is 0 Å². The fourth-order valence-corrected chi connectivity index (χ4v) is 2.38. The number of hydrogen-bond acceptors (Lipinski definition) is 5. The van der Waals surface area contributed by atoms with Crippen LogP contribution in [-0.2, 0) is 11.3 Å². The Morgan fingerprint density at radius 2 is 2.26 bits per heavy atom. The molecule has 0 atom stereocenters. The Labute approximate surface area is 112 Å². The van der Waals surface area contributed by atoms with E-state index in [1.54, 1.807) is 12.1 Å². The fourth-order valence-electron chi connectivity index (χ4n) is 2.38. The highest BCUT2D eigenvalue weighted by Gasteiger charge is 2.27. The Hall–Kier alpha value is -1.66. The van der Waals surface area contributed by atoms with Crippen LogP contribution < -0.4 is 5.73 Å². The molecule has 1 fully saturated rings. The summed E-state index contributed by atoms with van der Waals surface area (Å²) in [7, 11) is 0. The van der Waals surface area contributed by atoms with Crippen molar-refractivity contribution in [2.24, 2.45) is 0 Å². The van der Waals surface area contributed by atoms with Gasteiger partial charge in [-0.2, -0.15) is 0 Å². The number of benzene rings is 1. The molecule has 2 rings (SSSR count). The van der Waals surface area contributed by atoms with Crippen molar-refractivity contribution in [3.63, 3.8) is 0 Å². The molecule has 1 aromatic carbocycles. The van der Waals surface area contributed by atoms with Gasteiger partial charge in [-0.05, 0) is 25.5 Å².